The van der Waals surface area contributed by atoms with Crippen LogP contribution in [0.3, 0.4) is 0 Å². The van der Waals surface area contributed by atoms with E-state index in [9.17, 15) is 0 Å². The van der Waals surface area contributed by atoms with E-state index in [1.54, 1.807) is 0 Å². The average molecular weight is 261 g/mol. The third-order valence-electron chi connectivity index (χ3n) is 3.18. The lowest BCUT2D eigenvalue weighted by atomic mass is 10.3. The third kappa shape index (κ3) is 3.92. The van der Waals surface area contributed by atoms with E-state index in [0.29, 0.717) is 0 Å². The van der Waals surface area contributed by atoms with Crippen LogP contribution in [0.4, 0.5) is 0 Å². The first kappa shape index (κ1) is 13.8. The van der Waals surface area contributed by atoms with Gasteiger partial charge in [0, 0.05) is 32.0 Å². The van der Waals surface area contributed by atoms with Crippen LogP contribution in [-0.4, -0.2) is 26.1 Å². The Balaban J connectivity index is 1.71. The van der Waals surface area contributed by atoms with Gasteiger partial charge in [-0.25, -0.2) is 0 Å². The second-order valence-corrected chi connectivity index (χ2v) is 4.60. The highest BCUT2D eigenvalue weighted by Crippen LogP contribution is 2.05. The lowest BCUT2D eigenvalue weighted by molar-refractivity contribution is 0.527. The summed E-state index contributed by atoms with van der Waals surface area (Å²) in [5.41, 5.74) is 2.45. The van der Waals surface area contributed by atoms with Crippen molar-refractivity contribution in [1.29, 1.82) is 0 Å². The zero-order chi connectivity index (χ0) is 13.5. The summed E-state index contributed by atoms with van der Waals surface area (Å²) in [4.78, 5) is 0. The number of hydrogen-bond acceptors (Lipinski definition) is 3. The number of nitrogens with one attached hydrogen (secondary N) is 1. The smallest absolute Gasteiger partial charge is 0.0625 e. The second kappa shape index (κ2) is 7.09. The van der Waals surface area contributed by atoms with Crippen LogP contribution >= 0.6 is 0 Å². The van der Waals surface area contributed by atoms with Gasteiger partial charge in [-0.05, 0) is 38.4 Å². The van der Waals surface area contributed by atoms with Gasteiger partial charge in [-0.3, -0.25) is 9.36 Å². The van der Waals surface area contributed by atoms with E-state index in [2.05, 4.69) is 40.1 Å². The molecule has 0 atom stereocenters. The molecule has 0 amide bonds. The molecule has 0 aromatic carbocycles. The third-order valence-corrected chi connectivity index (χ3v) is 3.18. The lowest BCUT2D eigenvalue weighted by Gasteiger charge is -2.06. The molecule has 5 heteroatoms. The van der Waals surface area contributed by atoms with Crippen LogP contribution in [0.5, 0.6) is 0 Å². The van der Waals surface area contributed by atoms with Crippen LogP contribution < -0.4 is 5.32 Å². The monoisotopic (exact) mass is 261 g/mol. The molecule has 2 rings (SSSR count). The van der Waals surface area contributed by atoms with Crippen molar-refractivity contribution in [3.63, 3.8) is 0 Å². The van der Waals surface area contributed by atoms with E-state index in [4.69, 9.17) is 0 Å². The van der Waals surface area contributed by atoms with Gasteiger partial charge in [0.15, 0.2) is 0 Å². The topological polar surface area (TPSA) is 47.7 Å². The largest absolute Gasteiger partial charge is 0.311 e. The molecule has 0 aliphatic carbocycles. The van der Waals surface area contributed by atoms with Crippen LogP contribution in [0.2, 0.25) is 0 Å². The molecular formula is C14H23N5. The first-order chi connectivity index (χ1) is 9.33. The Morgan fingerprint density at radius 2 is 2.21 bits per heavy atom. The molecule has 0 fully saturated rings. The quantitative estimate of drug-likeness (QED) is 0.738. The summed E-state index contributed by atoms with van der Waals surface area (Å²) < 4.78 is 4.05. The standard InChI is InChI=1S/C14H23N5/c1-3-13-11-14(19(4-2)17-13)12-15-7-5-9-18-10-6-8-16-18/h6,8,10-11,15H,3-5,7,9,12H2,1-2H3. The number of nitrogens with zero attached hydrogens (tertiary/aromatic N) is 4. The fourth-order valence-corrected chi connectivity index (χ4v) is 2.12. The molecule has 0 aliphatic heterocycles. The maximum Gasteiger partial charge on any atom is 0.0625 e. The van der Waals surface area contributed by atoms with E-state index in [1.807, 2.05) is 23.1 Å². The van der Waals surface area contributed by atoms with E-state index >= 15 is 0 Å². The summed E-state index contributed by atoms with van der Waals surface area (Å²) in [5, 5.41) is 12.2. The minimum atomic E-state index is 0.889. The summed E-state index contributed by atoms with van der Waals surface area (Å²) in [6, 6.07) is 4.16. The maximum absolute atomic E-state index is 4.55. The van der Waals surface area contributed by atoms with Gasteiger partial charge in [0.25, 0.3) is 0 Å². The van der Waals surface area contributed by atoms with Crippen LogP contribution in [0.25, 0.3) is 0 Å². The van der Waals surface area contributed by atoms with Gasteiger partial charge in [-0.2, -0.15) is 10.2 Å². The summed E-state index contributed by atoms with van der Waals surface area (Å²) >= 11 is 0. The summed E-state index contributed by atoms with van der Waals surface area (Å²) in [7, 11) is 0. The molecule has 0 aliphatic rings. The predicted molar refractivity (Wildman–Crippen MR) is 75.8 cm³/mol. The molecule has 104 valence electrons. The number of rotatable bonds is 8. The van der Waals surface area contributed by atoms with Crippen molar-refractivity contribution in [3.05, 3.63) is 35.9 Å². The second-order valence-electron chi connectivity index (χ2n) is 4.60. The number of aromatic nitrogens is 4. The Morgan fingerprint density at radius 3 is 2.89 bits per heavy atom. The van der Waals surface area contributed by atoms with Gasteiger partial charge in [0.1, 0.15) is 0 Å². The number of aryl methyl sites for hydroxylation is 3. The zero-order valence-electron chi connectivity index (χ0n) is 11.8. The Labute approximate surface area is 114 Å². The average Bonchev–Trinajstić information content (AvgIpc) is 3.07. The van der Waals surface area contributed by atoms with Crippen molar-refractivity contribution < 1.29 is 0 Å². The normalized spacial score (nSPS) is 11.1. The molecule has 2 aromatic rings. The minimum Gasteiger partial charge on any atom is -0.311 e. The van der Waals surface area contributed by atoms with Crippen molar-refractivity contribution in [3.8, 4) is 0 Å². The molecule has 0 bridgehead atoms. The minimum absolute atomic E-state index is 0.889. The van der Waals surface area contributed by atoms with E-state index in [-0.39, 0.29) is 0 Å². The first-order valence-corrected chi connectivity index (χ1v) is 7.07. The van der Waals surface area contributed by atoms with Gasteiger partial charge < -0.3 is 5.32 Å². The summed E-state index contributed by atoms with van der Waals surface area (Å²) in [6.45, 7) is 8.06. The van der Waals surface area contributed by atoms with Crippen molar-refractivity contribution in [2.45, 2.75) is 46.3 Å². The van der Waals surface area contributed by atoms with Gasteiger partial charge >= 0.3 is 0 Å². The van der Waals surface area contributed by atoms with Gasteiger partial charge in [0.2, 0.25) is 0 Å². The first-order valence-electron chi connectivity index (χ1n) is 7.07. The summed E-state index contributed by atoms with van der Waals surface area (Å²) in [6.07, 6.45) is 5.90. The van der Waals surface area contributed by atoms with E-state index in [1.165, 1.54) is 11.4 Å². The fourth-order valence-electron chi connectivity index (χ4n) is 2.12. The SMILES string of the molecule is CCc1cc(CNCCCn2cccn2)n(CC)n1. The molecule has 19 heavy (non-hydrogen) atoms. The molecule has 0 spiro atoms. The van der Waals surface area contributed by atoms with Gasteiger partial charge in [-0.15, -0.1) is 0 Å². The van der Waals surface area contributed by atoms with Crippen LogP contribution in [0, 0.1) is 0 Å². The molecule has 5 nitrogen and oxygen atoms in total. The highest BCUT2D eigenvalue weighted by molar-refractivity contribution is 5.10. The molecule has 2 heterocycles. The van der Waals surface area contributed by atoms with Crippen molar-refractivity contribution >= 4 is 0 Å². The van der Waals surface area contributed by atoms with Gasteiger partial charge in [0.05, 0.1) is 11.4 Å². The molecule has 0 saturated heterocycles. The Hall–Kier alpha value is -1.62. The summed E-state index contributed by atoms with van der Waals surface area (Å²) in [5.74, 6) is 0. The van der Waals surface area contributed by atoms with Crippen LogP contribution in [0.1, 0.15) is 31.7 Å². The van der Waals surface area contributed by atoms with Crippen molar-refractivity contribution in [2.75, 3.05) is 6.54 Å². The predicted octanol–water partition coefficient (Wildman–Crippen LogP) is 1.84. The van der Waals surface area contributed by atoms with Crippen molar-refractivity contribution in [2.24, 2.45) is 0 Å². The Bertz CT molecular complexity index is 472. The van der Waals surface area contributed by atoms with E-state index in [0.717, 1.165) is 39.0 Å². The maximum atomic E-state index is 4.55. The van der Waals surface area contributed by atoms with Crippen molar-refractivity contribution in [1.82, 2.24) is 24.9 Å². The lowest BCUT2D eigenvalue weighted by Crippen LogP contribution is -2.19. The Kier molecular flexibility index (Phi) is 5.15. The molecule has 2 aromatic heterocycles. The highest BCUT2D eigenvalue weighted by Gasteiger charge is 2.04. The van der Waals surface area contributed by atoms with Crippen LogP contribution in [0.15, 0.2) is 24.5 Å². The van der Waals surface area contributed by atoms with Gasteiger partial charge in [-0.1, -0.05) is 6.92 Å². The zero-order valence-corrected chi connectivity index (χ0v) is 11.8. The molecule has 1 N–H and O–H groups in total. The molecule has 0 unspecified atom stereocenters. The highest BCUT2D eigenvalue weighted by atomic mass is 15.3. The number of hydrogen-bond donors (Lipinski definition) is 1. The fraction of sp³-hybridized carbons (Fsp3) is 0.571. The molecule has 0 saturated carbocycles. The Morgan fingerprint density at radius 1 is 1.32 bits per heavy atom. The van der Waals surface area contributed by atoms with E-state index < -0.39 is 0 Å². The molecular weight excluding hydrogens is 238 g/mol. The van der Waals surface area contributed by atoms with Crippen LogP contribution in [-0.2, 0) is 26.1 Å². The molecule has 0 radical (unpaired) electrons.